The highest BCUT2D eigenvalue weighted by atomic mass is 35.5. The molecule has 3 aromatic rings. The number of aromatic nitrogens is 2. The molecule has 0 aliphatic heterocycles. The van der Waals surface area contributed by atoms with Crippen molar-refractivity contribution in [1.29, 1.82) is 0 Å². The van der Waals surface area contributed by atoms with Crippen molar-refractivity contribution in [3.63, 3.8) is 0 Å². The summed E-state index contributed by atoms with van der Waals surface area (Å²) in [6.07, 6.45) is 0. The van der Waals surface area contributed by atoms with E-state index in [1.165, 1.54) is 17.4 Å². The standard InChI is InChI=1S/C13H8ClN3O3S2/c1-7-2-3-9(8(6-7)17(18)19)22-13-16-15-12(20-13)10-4-5-11(14)21-10/h2-6H,1H3. The lowest BCUT2D eigenvalue weighted by molar-refractivity contribution is -0.387. The normalized spacial score (nSPS) is 10.8. The summed E-state index contributed by atoms with van der Waals surface area (Å²) < 4.78 is 6.14. The summed E-state index contributed by atoms with van der Waals surface area (Å²) in [4.78, 5) is 11.9. The molecule has 0 spiro atoms. The first-order valence-corrected chi connectivity index (χ1v) is 8.06. The maximum Gasteiger partial charge on any atom is 0.283 e. The van der Waals surface area contributed by atoms with Crippen LogP contribution < -0.4 is 0 Å². The van der Waals surface area contributed by atoms with Crippen molar-refractivity contribution in [3.8, 4) is 10.8 Å². The Morgan fingerprint density at radius 1 is 1.32 bits per heavy atom. The second-order valence-corrected chi connectivity index (χ2v) is 7.02. The molecule has 0 atom stereocenters. The molecule has 0 bridgehead atoms. The lowest BCUT2D eigenvalue weighted by Gasteiger charge is -2.00. The zero-order valence-electron chi connectivity index (χ0n) is 11.1. The third-order valence-corrected chi connectivity index (χ3v) is 4.82. The number of thiophene rings is 1. The largest absolute Gasteiger partial charge is 0.410 e. The van der Waals surface area contributed by atoms with E-state index in [4.69, 9.17) is 16.0 Å². The third kappa shape index (κ3) is 3.13. The Kier molecular flexibility index (Phi) is 4.14. The molecule has 0 saturated heterocycles. The molecule has 0 aliphatic carbocycles. The first-order valence-electron chi connectivity index (χ1n) is 6.05. The van der Waals surface area contributed by atoms with Crippen LogP contribution in [0, 0.1) is 17.0 Å². The van der Waals surface area contributed by atoms with Gasteiger partial charge < -0.3 is 4.42 Å². The molecule has 22 heavy (non-hydrogen) atoms. The van der Waals surface area contributed by atoms with Crippen molar-refractivity contribution >= 4 is 40.4 Å². The van der Waals surface area contributed by atoms with Gasteiger partial charge in [-0.25, -0.2) is 0 Å². The Bertz CT molecular complexity index is 847. The molecule has 0 N–H and O–H groups in total. The van der Waals surface area contributed by atoms with Gasteiger partial charge in [-0.2, -0.15) is 0 Å². The van der Waals surface area contributed by atoms with Crippen LogP contribution in [0.4, 0.5) is 5.69 Å². The van der Waals surface area contributed by atoms with Crippen LogP contribution in [0.1, 0.15) is 5.56 Å². The monoisotopic (exact) mass is 353 g/mol. The van der Waals surface area contributed by atoms with Gasteiger partial charge in [0, 0.05) is 6.07 Å². The van der Waals surface area contributed by atoms with Gasteiger partial charge in [0.2, 0.25) is 0 Å². The van der Waals surface area contributed by atoms with E-state index in [1.807, 2.05) is 0 Å². The Morgan fingerprint density at radius 3 is 2.82 bits per heavy atom. The van der Waals surface area contributed by atoms with Crippen molar-refractivity contribution in [3.05, 3.63) is 50.3 Å². The van der Waals surface area contributed by atoms with E-state index in [2.05, 4.69) is 10.2 Å². The zero-order chi connectivity index (χ0) is 15.7. The number of nitro groups is 1. The Morgan fingerprint density at radius 2 is 2.14 bits per heavy atom. The molecule has 0 aliphatic rings. The van der Waals surface area contributed by atoms with Gasteiger partial charge in [0.15, 0.2) is 0 Å². The first-order chi connectivity index (χ1) is 10.5. The van der Waals surface area contributed by atoms with E-state index >= 15 is 0 Å². The highest BCUT2D eigenvalue weighted by Gasteiger charge is 2.18. The zero-order valence-corrected chi connectivity index (χ0v) is 13.5. The molecule has 112 valence electrons. The molecule has 0 fully saturated rings. The predicted molar refractivity (Wildman–Crippen MR) is 84.6 cm³/mol. The first kappa shape index (κ1) is 15.0. The lowest BCUT2D eigenvalue weighted by Crippen LogP contribution is -1.91. The van der Waals surface area contributed by atoms with E-state index < -0.39 is 4.92 Å². The average molecular weight is 354 g/mol. The molecule has 6 nitrogen and oxygen atoms in total. The number of nitrogens with zero attached hydrogens (tertiary/aromatic N) is 3. The topological polar surface area (TPSA) is 82.1 Å². The van der Waals surface area contributed by atoms with Crippen LogP contribution in [-0.4, -0.2) is 15.1 Å². The number of aryl methyl sites for hydroxylation is 1. The van der Waals surface area contributed by atoms with Gasteiger partial charge in [-0.3, -0.25) is 10.1 Å². The Balaban J connectivity index is 1.88. The quantitative estimate of drug-likeness (QED) is 0.494. The molecular weight excluding hydrogens is 346 g/mol. The molecule has 0 unspecified atom stereocenters. The number of hydrogen-bond acceptors (Lipinski definition) is 7. The third-order valence-electron chi connectivity index (χ3n) is 2.70. The smallest absolute Gasteiger partial charge is 0.283 e. The molecule has 9 heteroatoms. The number of halogens is 1. The van der Waals surface area contributed by atoms with Crippen molar-refractivity contribution in [1.82, 2.24) is 10.2 Å². The summed E-state index contributed by atoms with van der Waals surface area (Å²) in [5.74, 6) is 0.342. The van der Waals surface area contributed by atoms with Gasteiger partial charge in [-0.1, -0.05) is 17.7 Å². The van der Waals surface area contributed by atoms with Crippen LogP contribution in [0.25, 0.3) is 10.8 Å². The van der Waals surface area contributed by atoms with E-state index in [1.54, 1.807) is 31.2 Å². The van der Waals surface area contributed by atoms with Gasteiger partial charge in [-0.15, -0.1) is 21.5 Å². The van der Waals surface area contributed by atoms with Crippen LogP contribution in [0.3, 0.4) is 0 Å². The maximum absolute atomic E-state index is 11.1. The average Bonchev–Trinajstić information content (AvgIpc) is 3.09. The highest BCUT2D eigenvalue weighted by Crippen LogP contribution is 2.37. The summed E-state index contributed by atoms with van der Waals surface area (Å²) in [7, 11) is 0. The molecular formula is C13H8ClN3O3S2. The SMILES string of the molecule is Cc1ccc(Sc2nnc(-c3ccc(Cl)s3)o2)c([N+](=O)[O-])c1. The molecule has 0 radical (unpaired) electrons. The molecule has 1 aromatic carbocycles. The molecule has 0 saturated carbocycles. The van der Waals surface area contributed by atoms with Gasteiger partial charge >= 0.3 is 0 Å². The Hall–Kier alpha value is -1.90. The molecule has 0 amide bonds. The van der Waals surface area contributed by atoms with E-state index in [0.717, 1.165) is 22.2 Å². The summed E-state index contributed by atoms with van der Waals surface area (Å²) in [6, 6.07) is 8.50. The molecule has 2 aromatic heterocycles. The fourth-order valence-corrected chi connectivity index (χ4v) is 3.46. The molecule has 3 rings (SSSR count). The van der Waals surface area contributed by atoms with Crippen molar-refractivity contribution in [2.45, 2.75) is 17.0 Å². The minimum absolute atomic E-state index is 0.0175. The Labute approximate surface area is 138 Å². The van der Waals surface area contributed by atoms with Crippen molar-refractivity contribution in [2.24, 2.45) is 0 Å². The van der Waals surface area contributed by atoms with Crippen molar-refractivity contribution in [2.75, 3.05) is 0 Å². The summed E-state index contributed by atoms with van der Waals surface area (Å²) >= 11 is 8.25. The summed E-state index contributed by atoms with van der Waals surface area (Å²) in [5.41, 5.74) is 0.833. The number of rotatable bonds is 4. The fraction of sp³-hybridized carbons (Fsp3) is 0.0769. The predicted octanol–water partition coefficient (Wildman–Crippen LogP) is 4.82. The van der Waals surface area contributed by atoms with Crippen LogP contribution in [0.5, 0.6) is 0 Å². The van der Waals surface area contributed by atoms with Crippen LogP contribution in [-0.2, 0) is 0 Å². The summed E-state index contributed by atoms with van der Waals surface area (Å²) in [6.45, 7) is 1.80. The highest BCUT2D eigenvalue weighted by molar-refractivity contribution is 7.99. The van der Waals surface area contributed by atoms with Gasteiger partial charge in [0.25, 0.3) is 16.8 Å². The van der Waals surface area contributed by atoms with Crippen molar-refractivity contribution < 1.29 is 9.34 Å². The second-order valence-electron chi connectivity index (χ2n) is 4.31. The van der Waals surface area contributed by atoms with Crippen LogP contribution in [0.2, 0.25) is 4.34 Å². The second kappa shape index (κ2) is 6.07. The van der Waals surface area contributed by atoms with E-state index in [0.29, 0.717) is 15.1 Å². The fourth-order valence-electron chi connectivity index (χ4n) is 1.73. The maximum atomic E-state index is 11.1. The minimum Gasteiger partial charge on any atom is -0.410 e. The molecule has 2 heterocycles. The number of nitro benzene ring substituents is 1. The van der Waals surface area contributed by atoms with Crippen LogP contribution in [0.15, 0.2) is 44.9 Å². The van der Waals surface area contributed by atoms with Gasteiger partial charge in [-0.05, 0) is 42.4 Å². The number of benzene rings is 1. The van der Waals surface area contributed by atoms with E-state index in [-0.39, 0.29) is 10.9 Å². The summed E-state index contributed by atoms with van der Waals surface area (Å²) in [5, 5.41) is 19.2. The minimum atomic E-state index is -0.425. The number of hydrogen-bond donors (Lipinski definition) is 0. The van der Waals surface area contributed by atoms with Crippen LogP contribution >= 0.6 is 34.7 Å². The van der Waals surface area contributed by atoms with Gasteiger partial charge in [0.05, 0.1) is 19.0 Å². The lowest BCUT2D eigenvalue weighted by atomic mass is 10.2. The van der Waals surface area contributed by atoms with Gasteiger partial charge in [0.1, 0.15) is 0 Å². The van der Waals surface area contributed by atoms with E-state index in [9.17, 15) is 10.1 Å².